The summed E-state index contributed by atoms with van der Waals surface area (Å²) in [5.74, 6) is -0.633. The fraction of sp³-hybridized carbons (Fsp3) is 0.500. The van der Waals surface area contributed by atoms with Gasteiger partial charge in [0.05, 0.1) is 25.0 Å². The first kappa shape index (κ1) is 9.89. The van der Waals surface area contributed by atoms with Crippen LogP contribution in [0.5, 0.6) is 0 Å². The van der Waals surface area contributed by atoms with Crippen molar-refractivity contribution in [2.24, 2.45) is 0 Å². The zero-order valence-electron chi connectivity index (χ0n) is 8.47. The Labute approximate surface area is 87.1 Å². The minimum atomic E-state index is -0.341. The molecule has 5 heteroatoms. The number of hydrogen-bond donors (Lipinski definition) is 0. The first-order valence-corrected chi connectivity index (χ1v) is 4.86. The Morgan fingerprint density at radius 2 is 2.53 bits per heavy atom. The number of ether oxygens (including phenoxy) is 1. The van der Waals surface area contributed by atoms with Gasteiger partial charge in [-0.15, -0.1) is 0 Å². The van der Waals surface area contributed by atoms with E-state index in [1.165, 1.54) is 7.11 Å². The van der Waals surface area contributed by atoms with Crippen LogP contribution >= 0.6 is 0 Å². The van der Waals surface area contributed by atoms with Gasteiger partial charge in [0.1, 0.15) is 5.69 Å². The van der Waals surface area contributed by atoms with Crippen LogP contribution in [0.2, 0.25) is 0 Å². The Hall–Kier alpha value is -1.65. The first-order valence-electron chi connectivity index (χ1n) is 4.86. The van der Waals surface area contributed by atoms with Crippen LogP contribution < -0.4 is 0 Å². The average molecular weight is 208 g/mol. The van der Waals surface area contributed by atoms with Crippen molar-refractivity contribution in [2.75, 3.05) is 7.11 Å². The van der Waals surface area contributed by atoms with Gasteiger partial charge in [-0.2, -0.15) is 0 Å². The van der Waals surface area contributed by atoms with E-state index in [9.17, 15) is 9.59 Å². The second-order valence-corrected chi connectivity index (χ2v) is 3.54. The second-order valence-electron chi connectivity index (χ2n) is 3.54. The van der Waals surface area contributed by atoms with E-state index in [4.69, 9.17) is 4.74 Å². The number of hydrogen-bond acceptors (Lipinski definition) is 4. The third-order valence-corrected chi connectivity index (χ3v) is 2.73. The Morgan fingerprint density at radius 1 is 1.73 bits per heavy atom. The third-order valence-electron chi connectivity index (χ3n) is 2.73. The molecule has 1 aliphatic rings. The molecule has 0 spiro atoms. The summed E-state index contributed by atoms with van der Waals surface area (Å²) in [6.07, 6.45) is 3.92. The average Bonchev–Trinajstić information content (AvgIpc) is 2.70. The van der Waals surface area contributed by atoms with Crippen molar-refractivity contribution in [1.29, 1.82) is 0 Å². The highest BCUT2D eigenvalue weighted by Gasteiger charge is 2.30. The third kappa shape index (κ3) is 1.54. The molecule has 2 heterocycles. The van der Waals surface area contributed by atoms with E-state index in [0.717, 1.165) is 19.4 Å². The van der Waals surface area contributed by atoms with Crippen LogP contribution in [-0.4, -0.2) is 28.9 Å². The van der Waals surface area contributed by atoms with Gasteiger partial charge < -0.3 is 9.30 Å². The molecule has 0 aliphatic carbocycles. The number of fused-ring (bicyclic) bond motifs is 1. The van der Waals surface area contributed by atoms with Crippen molar-refractivity contribution < 1.29 is 14.3 Å². The van der Waals surface area contributed by atoms with E-state index >= 15 is 0 Å². The molecule has 1 atom stereocenters. The minimum absolute atomic E-state index is 0.292. The van der Waals surface area contributed by atoms with Crippen LogP contribution in [0, 0.1) is 0 Å². The molecule has 0 N–H and O–H groups in total. The number of aryl methyl sites for hydroxylation is 1. The smallest absolute Gasteiger partial charge is 0.314 e. The monoisotopic (exact) mass is 208 g/mol. The summed E-state index contributed by atoms with van der Waals surface area (Å²) in [5.41, 5.74) is 1.05. The van der Waals surface area contributed by atoms with Gasteiger partial charge >= 0.3 is 5.97 Å². The van der Waals surface area contributed by atoms with Gasteiger partial charge in [-0.3, -0.25) is 9.59 Å². The molecule has 0 aromatic carbocycles. The minimum Gasteiger partial charge on any atom is -0.469 e. The number of aromatic nitrogens is 2. The van der Waals surface area contributed by atoms with Gasteiger partial charge in [0.15, 0.2) is 6.29 Å². The van der Waals surface area contributed by atoms with Crippen molar-refractivity contribution in [2.45, 2.75) is 25.3 Å². The number of carbonyl (C=O) groups excluding carboxylic acids is 2. The lowest BCUT2D eigenvalue weighted by atomic mass is 9.94. The van der Waals surface area contributed by atoms with Crippen LogP contribution in [0.1, 0.15) is 34.9 Å². The van der Waals surface area contributed by atoms with Crippen molar-refractivity contribution in [1.82, 2.24) is 9.55 Å². The molecule has 0 amide bonds. The van der Waals surface area contributed by atoms with Gasteiger partial charge in [-0.05, 0) is 12.8 Å². The molecule has 5 nitrogen and oxygen atoms in total. The molecule has 0 saturated carbocycles. The standard InChI is InChI=1S/C10H12N2O3/c1-15-10(14)7-3-2-4-12-6-11-8(5-13)9(7)12/h5-7H,2-4H2,1H3. The van der Waals surface area contributed by atoms with Crippen LogP contribution in [0.4, 0.5) is 0 Å². The number of nitrogens with zero attached hydrogens (tertiary/aromatic N) is 2. The normalized spacial score (nSPS) is 19.4. The quantitative estimate of drug-likeness (QED) is 0.531. The highest BCUT2D eigenvalue weighted by atomic mass is 16.5. The van der Waals surface area contributed by atoms with Gasteiger partial charge in [0.2, 0.25) is 0 Å². The maximum atomic E-state index is 11.5. The molecule has 0 fully saturated rings. The molecular weight excluding hydrogens is 196 g/mol. The second kappa shape index (κ2) is 3.84. The Balaban J connectivity index is 2.43. The Kier molecular flexibility index (Phi) is 2.53. The zero-order chi connectivity index (χ0) is 10.8. The van der Waals surface area contributed by atoms with E-state index in [-0.39, 0.29) is 11.9 Å². The number of rotatable bonds is 2. The largest absolute Gasteiger partial charge is 0.469 e. The topological polar surface area (TPSA) is 61.2 Å². The summed E-state index contributed by atoms with van der Waals surface area (Å²) in [5, 5.41) is 0. The summed E-state index contributed by atoms with van der Waals surface area (Å²) in [6.45, 7) is 0.809. The molecule has 0 saturated heterocycles. The van der Waals surface area contributed by atoms with Gasteiger partial charge in [0.25, 0.3) is 0 Å². The van der Waals surface area contributed by atoms with Crippen LogP contribution in [-0.2, 0) is 16.1 Å². The Morgan fingerprint density at radius 3 is 3.20 bits per heavy atom. The lowest BCUT2D eigenvalue weighted by Gasteiger charge is -2.22. The summed E-state index contributed by atoms with van der Waals surface area (Å²) in [7, 11) is 1.36. The number of esters is 1. The van der Waals surface area contributed by atoms with Crippen LogP contribution in [0.3, 0.4) is 0 Å². The maximum Gasteiger partial charge on any atom is 0.314 e. The molecule has 0 bridgehead atoms. The van der Waals surface area contributed by atoms with Gasteiger partial charge in [-0.1, -0.05) is 0 Å². The van der Waals surface area contributed by atoms with Crippen molar-refractivity contribution in [3.8, 4) is 0 Å². The van der Waals surface area contributed by atoms with E-state index < -0.39 is 0 Å². The van der Waals surface area contributed by atoms with Crippen molar-refractivity contribution in [3.05, 3.63) is 17.7 Å². The predicted octanol–water partition coefficient (Wildman–Crippen LogP) is 0.746. The summed E-state index contributed by atoms with van der Waals surface area (Å²) < 4.78 is 6.58. The maximum absolute atomic E-state index is 11.5. The number of aldehydes is 1. The first-order chi connectivity index (χ1) is 7.27. The van der Waals surface area contributed by atoms with Gasteiger partial charge in [-0.25, -0.2) is 4.98 Å². The SMILES string of the molecule is COC(=O)C1CCCn2cnc(C=O)c21. The van der Waals surface area contributed by atoms with E-state index in [1.807, 2.05) is 4.57 Å². The molecular formula is C10H12N2O3. The fourth-order valence-corrected chi connectivity index (χ4v) is 2.03. The van der Waals surface area contributed by atoms with E-state index in [2.05, 4.69) is 4.98 Å². The molecule has 2 rings (SSSR count). The Bertz CT molecular complexity index is 397. The predicted molar refractivity (Wildman–Crippen MR) is 51.6 cm³/mol. The molecule has 1 aliphatic heterocycles. The molecule has 0 radical (unpaired) electrons. The molecule has 1 aromatic rings. The summed E-state index contributed by atoms with van der Waals surface area (Å²) >= 11 is 0. The van der Waals surface area contributed by atoms with E-state index in [1.54, 1.807) is 6.33 Å². The van der Waals surface area contributed by atoms with E-state index in [0.29, 0.717) is 17.7 Å². The number of methoxy groups -OCH3 is 1. The zero-order valence-corrected chi connectivity index (χ0v) is 8.47. The molecule has 15 heavy (non-hydrogen) atoms. The molecule has 1 aromatic heterocycles. The van der Waals surface area contributed by atoms with Crippen LogP contribution in [0.15, 0.2) is 6.33 Å². The lowest BCUT2D eigenvalue weighted by Crippen LogP contribution is -2.23. The van der Waals surface area contributed by atoms with Crippen LogP contribution in [0.25, 0.3) is 0 Å². The van der Waals surface area contributed by atoms with Gasteiger partial charge in [0, 0.05) is 6.54 Å². The fourth-order valence-electron chi connectivity index (χ4n) is 2.03. The summed E-state index contributed by atoms with van der Waals surface area (Å²) in [4.78, 5) is 26.3. The lowest BCUT2D eigenvalue weighted by molar-refractivity contribution is -0.143. The highest BCUT2D eigenvalue weighted by Crippen LogP contribution is 2.29. The number of carbonyl (C=O) groups is 2. The number of imidazole rings is 1. The highest BCUT2D eigenvalue weighted by molar-refractivity contribution is 5.82. The van der Waals surface area contributed by atoms with Crippen molar-refractivity contribution in [3.63, 3.8) is 0 Å². The summed E-state index contributed by atoms with van der Waals surface area (Å²) in [6, 6.07) is 0. The molecule has 80 valence electrons. The van der Waals surface area contributed by atoms with Crippen molar-refractivity contribution >= 4 is 12.3 Å². The molecule has 1 unspecified atom stereocenters.